The van der Waals surface area contributed by atoms with Crippen LogP contribution < -0.4 is 5.32 Å². The number of H-pyrrole nitrogens is 1. The Morgan fingerprint density at radius 1 is 1.47 bits per heavy atom. The van der Waals surface area contributed by atoms with Gasteiger partial charge in [-0.1, -0.05) is 26.3 Å². The highest BCUT2D eigenvalue weighted by molar-refractivity contribution is 6.02. The van der Waals surface area contributed by atoms with Crippen molar-refractivity contribution in [2.24, 2.45) is 0 Å². The van der Waals surface area contributed by atoms with E-state index in [2.05, 4.69) is 34.3 Å². The monoisotopic (exact) mass is 258 g/mol. The maximum absolute atomic E-state index is 11.9. The summed E-state index contributed by atoms with van der Waals surface area (Å²) in [5, 5.41) is 9.79. The number of anilines is 1. The summed E-state index contributed by atoms with van der Waals surface area (Å²) >= 11 is 0. The summed E-state index contributed by atoms with van der Waals surface area (Å²) < 4.78 is 0. The standard InChI is InChI=1S/C14H18N4O/c1-3-6-10(2)12-9-13(18-17-12)16-14(19)11-7-4-5-8-15-11/h4-5,7-10H,3,6H2,1-2H3,(H2,16,17,18,19). The van der Waals surface area contributed by atoms with E-state index in [1.54, 1.807) is 24.4 Å². The number of hydrogen-bond donors (Lipinski definition) is 2. The summed E-state index contributed by atoms with van der Waals surface area (Å²) in [6, 6.07) is 7.10. The third-order valence-corrected chi connectivity index (χ3v) is 2.99. The molecule has 0 aliphatic rings. The Hall–Kier alpha value is -2.17. The summed E-state index contributed by atoms with van der Waals surface area (Å²) in [6.07, 6.45) is 3.81. The molecule has 19 heavy (non-hydrogen) atoms. The number of aromatic amines is 1. The highest BCUT2D eigenvalue weighted by Crippen LogP contribution is 2.20. The number of aromatic nitrogens is 3. The van der Waals surface area contributed by atoms with Crippen LogP contribution in [0.25, 0.3) is 0 Å². The first-order valence-electron chi connectivity index (χ1n) is 6.48. The average Bonchev–Trinajstić information content (AvgIpc) is 2.88. The molecular weight excluding hydrogens is 240 g/mol. The summed E-state index contributed by atoms with van der Waals surface area (Å²) in [7, 11) is 0. The number of carbonyl (C=O) groups is 1. The van der Waals surface area contributed by atoms with E-state index >= 15 is 0 Å². The zero-order valence-corrected chi connectivity index (χ0v) is 11.2. The van der Waals surface area contributed by atoms with Crippen LogP contribution in [0.5, 0.6) is 0 Å². The Morgan fingerprint density at radius 3 is 3.00 bits per heavy atom. The van der Waals surface area contributed by atoms with Gasteiger partial charge in [-0.15, -0.1) is 0 Å². The molecule has 0 aliphatic heterocycles. The minimum Gasteiger partial charge on any atom is -0.304 e. The number of nitrogens with zero attached hydrogens (tertiary/aromatic N) is 2. The maximum atomic E-state index is 11.9. The lowest BCUT2D eigenvalue weighted by Crippen LogP contribution is -2.13. The van der Waals surface area contributed by atoms with Crippen molar-refractivity contribution in [2.75, 3.05) is 5.32 Å². The molecule has 0 radical (unpaired) electrons. The third kappa shape index (κ3) is 3.40. The molecule has 2 aromatic rings. The predicted octanol–water partition coefficient (Wildman–Crippen LogP) is 2.96. The molecule has 2 heterocycles. The van der Waals surface area contributed by atoms with E-state index in [-0.39, 0.29) is 5.91 Å². The Balaban J connectivity index is 2.02. The molecule has 2 rings (SSSR count). The molecule has 0 spiro atoms. The van der Waals surface area contributed by atoms with Crippen LogP contribution >= 0.6 is 0 Å². The van der Waals surface area contributed by atoms with Gasteiger partial charge in [-0.2, -0.15) is 5.10 Å². The van der Waals surface area contributed by atoms with Crippen molar-refractivity contribution in [3.8, 4) is 0 Å². The van der Waals surface area contributed by atoms with E-state index in [1.165, 1.54) is 0 Å². The van der Waals surface area contributed by atoms with E-state index in [0.717, 1.165) is 18.5 Å². The molecule has 2 aromatic heterocycles. The van der Waals surface area contributed by atoms with E-state index in [0.29, 0.717) is 17.4 Å². The van der Waals surface area contributed by atoms with Gasteiger partial charge in [0.1, 0.15) is 5.69 Å². The van der Waals surface area contributed by atoms with Crippen LogP contribution in [-0.4, -0.2) is 21.1 Å². The molecule has 5 heteroatoms. The Labute approximate surface area is 112 Å². The second-order valence-corrected chi connectivity index (χ2v) is 4.57. The fraction of sp³-hybridized carbons (Fsp3) is 0.357. The van der Waals surface area contributed by atoms with E-state index in [1.807, 2.05) is 6.07 Å². The summed E-state index contributed by atoms with van der Waals surface area (Å²) in [6.45, 7) is 4.29. The molecule has 0 fully saturated rings. The highest BCUT2D eigenvalue weighted by Gasteiger charge is 2.12. The Morgan fingerprint density at radius 2 is 2.32 bits per heavy atom. The van der Waals surface area contributed by atoms with Crippen LogP contribution in [0.2, 0.25) is 0 Å². The first-order chi connectivity index (χ1) is 9.20. The van der Waals surface area contributed by atoms with Crippen molar-refractivity contribution in [3.05, 3.63) is 41.9 Å². The second kappa shape index (κ2) is 6.13. The van der Waals surface area contributed by atoms with Gasteiger partial charge in [0.15, 0.2) is 5.82 Å². The van der Waals surface area contributed by atoms with E-state index in [9.17, 15) is 4.79 Å². The fourth-order valence-corrected chi connectivity index (χ4v) is 1.92. The maximum Gasteiger partial charge on any atom is 0.275 e. The number of pyridine rings is 1. The van der Waals surface area contributed by atoms with Gasteiger partial charge >= 0.3 is 0 Å². The van der Waals surface area contributed by atoms with Gasteiger partial charge in [-0.25, -0.2) is 0 Å². The van der Waals surface area contributed by atoms with Crippen molar-refractivity contribution in [1.29, 1.82) is 0 Å². The van der Waals surface area contributed by atoms with E-state index < -0.39 is 0 Å². The number of hydrogen-bond acceptors (Lipinski definition) is 3. The number of amides is 1. The smallest absolute Gasteiger partial charge is 0.275 e. The predicted molar refractivity (Wildman–Crippen MR) is 74.1 cm³/mol. The minimum atomic E-state index is -0.248. The van der Waals surface area contributed by atoms with Crippen LogP contribution in [0.4, 0.5) is 5.82 Å². The molecule has 1 amide bonds. The van der Waals surface area contributed by atoms with Gasteiger partial charge in [-0.3, -0.25) is 14.9 Å². The summed E-state index contributed by atoms with van der Waals surface area (Å²) in [5.74, 6) is 0.702. The lowest BCUT2D eigenvalue weighted by molar-refractivity contribution is 0.102. The van der Waals surface area contributed by atoms with Crippen molar-refractivity contribution >= 4 is 11.7 Å². The molecule has 2 N–H and O–H groups in total. The van der Waals surface area contributed by atoms with Gasteiger partial charge in [-0.05, 0) is 24.5 Å². The Kier molecular flexibility index (Phi) is 4.28. The molecule has 100 valence electrons. The van der Waals surface area contributed by atoms with Crippen LogP contribution in [0.1, 0.15) is 48.8 Å². The van der Waals surface area contributed by atoms with Crippen molar-refractivity contribution in [3.63, 3.8) is 0 Å². The van der Waals surface area contributed by atoms with Gasteiger partial charge in [0.2, 0.25) is 0 Å². The zero-order valence-electron chi connectivity index (χ0n) is 11.2. The van der Waals surface area contributed by atoms with Gasteiger partial charge in [0.05, 0.1) is 0 Å². The number of nitrogens with one attached hydrogen (secondary N) is 2. The number of rotatable bonds is 5. The zero-order chi connectivity index (χ0) is 13.7. The SMILES string of the molecule is CCCC(C)c1cc(NC(=O)c2ccccn2)n[nH]1. The average molecular weight is 258 g/mol. The number of carbonyl (C=O) groups excluding carboxylic acids is 1. The normalized spacial score (nSPS) is 12.1. The first-order valence-corrected chi connectivity index (χ1v) is 6.48. The van der Waals surface area contributed by atoms with Crippen molar-refractivity contribution in [1.82, 2.24) is 15.2 Å². The van der Waals surface area contributed by atoms with Crippen LogP contribution in [0, 0.1) is 0 Å². The summed E-state index contributed by atoms with van der Waals surface area (Å²) in [4.78, 5) is 15.9. The molecule has 5 nitrogen and oxygen atoms in total. The lowest BCUT2D eigenvalue weighted by Gasteiger charge is -2.05. The lowest BCUT2D eigenvalue weighted by atomic mass is 10.0. The van der Waals surface area contributed by atoms with Crippen LogP contribution in [0.15, 0.2) is 30.5 Å². The van der Waals surface area contributed by atoms with Crippen molar-refractivity contribution in [2.45, 2.75) is 32.6 Å². The molecule has 1 atom stereocenters. The summed E-state index contributed by atoms with van der Waals surface area (Å²) in [5.41, 5.74) is 1.42. The van der Waals surface area contributed by atoms with Gasteiger partial charge in [0.25, 0.3) is 5.91 Å². The quantitative estimate of drug-likeness (QED) is 0.866. The highest BCUT2D eigenvalue weighted by atomic mass is 16.1. The molecule has 0 bridgehead atoms. The fourth-order valence-electron chi connectivity index (χ4n) is 1.92. The first kappa shape index (κ1) is 13.3. The second-order valence-electron chi connectivity index (χ2n) is 4.57. The van der Waals surface area contributed by atoms with Gasteiger partial charge in [0, 0.05) is 18.0 Å². The molecule has 1 unspecified atom stereocenters. The van der Waals surface area contributed by atoms with E-state index in [4.69, 9.17) is 0 Å². The largest absolute Gasteiger partial charge is 0.304 e. The Bertz CT molecular complexity index is 535. The topological polar surface area (TPSA) is 70.7 Å². The molecular formula is C14H18N4O. The third-order valence-electron chi connectivity index (χ3n) is 2.99. The molecule has 0 saturated carbocycles. The minimum absolute atomic E-state index is 0.248. The van der Waals surface area contributed by atoms with Crippen LogP contribution in [-0.2, 0) is 0 Å². The van der Waals surface area contributed by atoms with Crippen molar-refractivity contribution < 1.29 is 4.79 Å². The molecule has 0 aliphatic carbocycles. The molecule has 0 saturated heterocycles. The van der Waals surface area contributed by atoms with Crippen LogP contribution in [0.3, 0.4) is 0 Å². The molecule has 0 aromatic carbocycles. The van der Waals surface area contributed by atoms with Gasteiger partial charge < -0.3 is 5.32 Å².